The van der Waals surface area contributed by atoms with Crippen molar-refractivity contribution in [2.75, 3.05) is 13.2 Å². The van der Waals surface area contributed by atoms with E-state index < -0.39 is 0 Å². The molecule has 4 rings (SSSR count). The maximum atomic E-state index is 9.53. The number of hydrogen-bond donors (Lipinski definition) is 1. The van der Waals surface area contributed by atoms with E-state index in [1.54, 1.807) is 18.6 Å². The van der Waals surface area contributed by atoms with E-state index in [0.717, 1.165) is 24.8 Å². The highest BCUT2D eigenvalue weighted by molar-refractivity contribution is 5.51. The molecule has 0 aliphatic heterocycles. The van der Waals surface area contributed by atoms with Crippen LogP contribution in [0, 0.1) is 0 Å². The molecular weight excluding hydrogens is 318 g/mol. The Kier molecular flexibility index (Phi) is 4.63. The summed E-state index contributed by atoms with van der Waals surface area (Å²) in [5, 5.41) is 13.6. The van der Waals surface area contributed by atoms with Gasteiger partial charge in [0.25, 0.3) is 0 Å². The number of benzene rings is 1. The monoisotopic (exact) mass is 339 g/mol. The summed E-state index contributed by atoms with van der Waals surface area (Å²) in [6.07, 6.45) is 6.51. The molecule has 6 nitrogen and oxygen atoms in total. The van der Waals surface area contributed by atoms with Crippen molar-refractivity contribution in [3.05, 3.63) is 59.9 Å². The number of nitrogens with zero attached hydrogens (tertiary/aromatic N) is 3. The van der Waals surface area contributed by atoms with Crippen molar-refractivity contribution in [3.63, 3.8) is 0 Å². The zero-order valence-corrected chi connectivity index (χ0v) is 14.0. The molecule has 1 aliphatic rings. The van der Waals surface area contributed by atoms with Crippen LogP contribution in [-0.4, -0.2) is 33.3 Å². The van der Waals surface area contributed by atoms with Gasteiger partial charge in [0.1, 0.15) is 6.26 Å². The summed E-state index contributed by atoms with van der Waals surface area (Å²) in [5.41, 5.74) is 3.54. The molecule has 0 fully saturated rings. The summed E-state index contributed by atoms with van der Waals surface area (Å²) in [4.78, 5) is 6.69. The van der Waals surface area contributed by atoms with Crippen LogP contribution in [0.4, 0.5) is 0 Å². The third-order valence-corrected chi connectivity index (χ3v) is 4.75. The fourth-order valence-electron chi connectivity index (χ4n) is 3.58. The second kappa shape index (κ2) is 7.21. The Bertz CT molecular complexity index is 813. The van der Waals surface area contributed by atoms with Crippen LogP contribution in [0.25, 0.3) is 11.4 Å². The molecule has 25 heavy (non-hydrogen) atoms. The summed E-state index contributed by atoms with van der Waals surface area (Å²) in [5.74, 6) is 1.07. The third-order valence-electron chi connectivity index (χ3n) is 4.75. The number of furan rings is 1. The number of aliphatic hydroxyl groups excluding tert-OH is 1. The predicted molar refractivity (Wildman–Crippen MR) is 91.6 cm³/mol. The molecule has 1 N–H and O–H groups in total. The van der Waals surface area contributed by atoms with Crippen LogP contribution in [0.15, 0.2) is 51.8 Å². The zero-order valence-electron chi connectivity index (χ0n) is 14.0. The summed E-state index contributed by atoms with van der Waals surface area (Å²) in [7, 11) is 0. The number of fused-ring (bicyclic) bond motifs is 1. The van der Waals surface area contributed by atoms with Crippen molar-refractivity contribution in [2.24, 2.45) is 0 Å². The first kappa shape index (κ1) is 16.1. The van der Waals surface area contributed by atoms with Crippen molar-refractivity contribution < 1.29 is 14.0 Å². The van der Waals surface area contributed by atoms with E-state index in [0.29, 0.717) is 24.8 Å². The lowest BCUT2D eigenvalue weighted by molar-refractivity contribution is 0.118. The molecule has 2 aromatic heterocycles. The van der Waals surface area contributed by atoms with Crippen molar-refractivity contribution >= 4 is 0 Å². The summed E-state index contributed by atoms with van der Waals surface area (Å²) in [6.45, 7) is 1.19. The second-order valence-corrected chi connectivity index (χ2v) is 6.32. The van der Waals surface area contributed by atoms with Gasteiger partial charge in [-0.15, -0.1) is 0 Å². The second-order valence-electron chi connectivity index (χ2n) is 6.32. The first-order chi connectivity index (χ1) is 12.3. The van der Waals surface area contributed by atoms with Gasteiger partial charge < -0.3 is 14.0 Å². The molecule has 0 saturated heterocycles. The molecule has 1 aromatic carbocycles. The molecule has 6 heteroatoms. The minimum Gasteiger partial charge on any atom is -0.472 e. The van der Waals surface area contributed by atoms with E-state index >= 15 is 0 Å². The van der Waals surface area contributed by atoms with Gasteiger partial charge in [-0.3, -0.25) is 4.90 Å². The largest absolute Gasteiger partial charge is 0.472 e. The van der Waals surface area contributed by atoms with Gasteiger partial charge in [-0.05, 0) is 36.5 Å². The van der Waals surface area contributed by atoms with Crippen LogP contribution in [-0.2, 0) is 13.0 Å². The molecular formula is C19H21N3O3. The fourth-order valence-corrected chi connectivity index (χ4v) is 3.58. The standard InChI is InChI=1S/C19H21N3O3/c23-10-9-22(17-7-3-5-14-4-1-2-6-16(14)17)12-18-20-19(21-25-18)15-8-11-24-13-15/h1-2,4,6,8,11,13,17,23H,3,5,7,9-10,12H2. The number of rotatable bonds is 6. The van der Waals surface area contributed by atoms with Gasteiger partial charge in [0.05, 0.1) is 25.0 Å². The van der Waals surface area contributed by atoms with E-state index in [1.165, 1.54) is 11.1 Å². The van der Waals surface area contributed by atoms with Gasteiger partial charge in [0.15, 0.2) is 0 Å². The molecule has 130 valence electrons. The molecule has 0 saturated carbocycles. The minimum absolute atomic E-state index is 0.0986. The summed E-state index contributed by atoms with van der Waals surface area (Å²) >= 11 is 0. The Morgan fingerprint density at radius 1 is 1.24 bits per heavy atom. The number of aliphatic hydroxyl groups is 1. The average Bonchev–Trinajstić information content (AvgIpc) is 3.32. The number of aryl methyl sites for hydroxylation is 1. The summed E-state index contributed by atoms with van der Waals surface area (Å²) in [6, 6.07) is 10.6. The molecule has 3 aromatic rings. The van der Waals surface area contributed by atoms with Crippen LogP contribution in [0.1, 0.15) is 35.9 Å². The van der Waals surface area contributed by atoms with Crippen LogP contribution >= 0.6 is 0 Å². The van der Waals surface area contributed by atoms with Gasteiger partial charge in [-0.2, -0.15) is 4.98 Å². The Labute approximate surface area is 146 Å². The van der Waals surface area contributed by atoms with E-state index in [2.05, 4.69) is 39.3 Å². The highest BCUT2D eigenvalue weighted by atomic mass is 16.5. The average molecular weight is 339 g/mol. The van der Waals surface area contributed by atoms with Crippen LogP contribution in [0.5, 0.6) is 0 Å². The minimum atomic E-state index is 0.0986. The van der Waals surface area contributed by atoms with Gasteiger partial charge in [0, 0.05) is 12.6 Å². The molecule has 2 heterocycles. The molecule has 0 amide bonds. The predicted octanol–water partition coefficient (Wildman–Crippen LogP) is 3.20. The van der Waals surface area contributed by atoms with Crippen LogP contribution < -0.4 is 0 Å². The normalized spacial score (nSPS) is 17.0. The van der Waals surface area contributed by atoms with Crippen molar-refractivity contribution in [2.45, 2.75) is 31.8 Å². The first-order valence-corrected chi connectivity index (χ1v) is 8.63. The third kappa shape index (κ3) is 3.36. The lowest BCUT2D eigenvalue weighted by atomic mass is 9.87. The van der Waals surface area contributed by atoms with Gasteiger partial charge in [-0.1, -0.05) is 29.4 Å². The number of aromatic nitrogens is 2. The molecule has 0 bridgehead atoms. The topological polar surface area (TPSA) is 75.5 Å². The zero-order chi connectivity index (χ0) is 17.1. The van der Waals surface area contributed by atoms with Crippen LogP contribution in [0.2, 0.25) is 0 Å². The Balaban J connectivity index is 1.56. The van der Waals surface area contributed by atoms with Crippen molar-refractivity contribution in [1.29, 1.82) is 0 Å². The Morgan fingerprint density at radius 3 is 3.00 bits per heavy atom. The van der Waals surface area contributed by atoms with Gasteiger partial charge >= 0.3 is 0 Å². The SMILES string of the molecule is OCCN(Cc1nc(-c2ccoc2)no1)C1CCCc2ccccc21. The summed E-state index contributed by atoms with van der Waals surface area (Å²) < 4.78 is 10.5. The van der Waals surface area contributed by atoms with E-state index in [-0.39, 0.29) is 12.6 Å². The molecule has 0 spiro atoms. The molecule has 1 aliphatic carbocycles. The Morgan fingerprint density at radius 2 is 2.16 bits per heavy atom. The highest BCUT2D eigenvalue weighted by Crippen LogP contribution is 2.34. The van der Waals surface area contributed by atoms with E-state index in [4.69, 9.17) is 8.94 Å². The van der Waals surface area contributed by atoms with Crippen molar-refractivity contribution in [1.82, 2.24) is 15.0 Å². The highest BCUT2D eigenvalue weighted by Gasteiger charge is 2.27. The lowest BCUT2D eigenvalue weighted by Crippen LogP contribution is -2.33. The molecule has 1 unspecified atom stereocenters. The van der Waals surface area contributed by atoms with E-state index in [1.807, 2.05) is 0 Å². The first-order valence-electron chi connectivity index (χ1n) is 8.63. The molecule has 1 atom stereocenters. The van der Waals surface area contributed by atoms with Gasteiger partial charge in [0.2, 0.25) is 11.7 Å². The number of hydrogen-bond acceptors (Lipinski definition) is 6. The lowest BCUT2D eigenvalue weighted by Gasteiger charge is -2.34. The maximum Gasteiger partial charge on any atom is 0.241 e. The fraction of sp³-hybridized carbons (Fsp3) is 0.368. The molecule has 0 radical (unpaired) electrons. The Hall–Kier alpha value is -2.44. The van der Waals surface area contributed by atoms with Crippen molar-refractivity contribution in [3.8, 4) is 11.4 Å². The smallest absolute Gasteiger partial charge is 0.241 e. The van der Waals surface area contributed by atoms with Crippen LogP contribution in [0.3, 0.4) is 0 Å². The maximum absolute atomic E-state index is 9.53. The quantitative estimate of drug-likeness (QED) is 0.743. The van der Waals surface area contributed by atoms with Gasteiger partial charge in [-0.25, -0.2) is 0 Å². The van der Waals surface area contributed by atoms with E-state index in [9.17, 15) is 5.11 Å².